The summed E-state index contributed by atoms with van der Waals surface area (Å²) >= 11 is 1.17. The average Bonchev–Trinajstić information content (AvgIpc) is 3.22. The summed E-state index contributed by atoms with van der Waals surface area (Å²) in [7, 11) is 3.80. The molecule has 1 saturated heterocycles. The van der Waals surface area contributed by atoms with E-state index in [2.05, 4.69) is 15.2 Å². The number of aromatic nitrogens is 1. The zero-order chi connectivity index (χ0) is 18.0. The van der Waals surface area contributed by atoms with Gasteiger partial charge in [-0.2, -0.15) is 0 Å². The van der Waals surface area contributed by atoms with Gasteiger partial charge in [0.1, 0.15) is 11.5 Å². The second-order valence-corrected chi connectivity index (χ2v) is 6.98. The van der Waals surface area contributed by atoms with E-state index in [-0.39, 0.29) is 17.5 Å². The third-order valence-corrected chi connectivity index (χ3v) is 5.02. The van der Waals surface area contributed by atoms with Gasteiger partial charge in [0.25, 0.3) is 11.8 Å². The van der Waals surface area contributed by atoms with E-state index in [1.165, 1.54) is 29.5 Å². The Balaban J connectivity index is 1.65. The molecule has 6 nitrogen and oxygen atoms in total. The van der Waals surface area contributed by atoms with E-state index >= 15 is 0 Å². The van der Waals surface area contributed by atoms with Crippen LogP contribution in [0, 0.1) is 5.82 Å². The number of benzene rings is 1. The SMILES string of the molecule is CN1CC[C@H](N(C)C(=O)c2csc(NC(=O)c3cccc(F)c3)n2)C1. The van der Waals surface area contributed by atoms with Crippen molar-refractivity contribution in [3.63, 3.8) is 0 Å². The van der Waals surface area contributed by atoms with Gasteiger partial charge in [-0.15, -0.1) is 11.3 Å². The number of thiazole rings is 1. The highest BCUT2D eigenvalue weighted by atomic mass is 32.1. The molecule has 2 heterocycles. The lowest BCUT2D eigenvalue weighted by Crippen LogP contribution is -2.38. The highest BCUT2D eigenvalue weighted by molar-refractivity contribution is 7.14. The van der Waals surface area contributed by atoms with Crippen molar-refractivity contribution in [2.75, 3.05) is 32.5 Å². The monoisotopic (exact) mass is 362 g/mol. The van der Waals surface area contributed by atoms with Gasteiger partial charge >= 0.3 is 0 Å². The number of nitrogens with zero attached hydrogens (tertiary/aromatic N) is 3. The van der Waals surface area contributed by atoms with Crippen molar-refractivity contribution >= 4 is 28.3 Å². The van der Waals surface area contributed by atoms with Crippen LogP contribution in [0.4, 0.5) is 9.52 Å². The van der Waals surface area contributed by atoms with E-state index in [0.29, 0.717) is 10.8 Å². The van der Waals surface area contributed by atoms with Crippen LogP contribution in [-0.2, 0) is 0 Å². The Hall–Kier alpha value is -2.32. The smallest absolute Gasteiger partial charge is 0.273 e. The van der Waals surface area contributed by atoms with Gasteiger partial charge in [0, 0.05) is 30.6 Å². The van der Waals surface area contributed by atoms with Gasteiger partial charge in [-0.25, -0.2) is 9.37 Å². The van der Waals surface area contributed by atoms with Gasteiger partial charge < -0.3 is 9.80 Å². The quantitative estimate of drug-likeness (QED) is 0.906. The number of halogens is 1. The molecule has 0 unspecified atom stereocenters. The number of hydrogen-bond acceptors (Lipinski definition) is 5. The van der Waals surface area contributed by atoms with Crippen molar-refractivity contribution in [2.24, 2.45) is 0 Å². The normalized spacial score (nSPS) is 17.5. The molecule has 2 amide bonds. The van der Waals surface area contributed by atoms with Crippen LogP contribution >= 0.6 is 11.3 Å². The van der Waals surface area contributed by atoms with Crippen molar-refractivity contribution in [3.8, 4) is 0 Å². The lowest BCUT2D eigenvalue weighted by atomic mass is 10.2. The summed E-state index contributed by atoms with van der Waals surface area (Å²) in [6.07, 6.45) is 0.937. The summed E-state index contributed by atoms with van der Waals surface area (Å²) in [5, 5.41) is 4.54. The number of anilines is 1. The van der Waals surface area contributed by atoms with E-state index < -0.39 is 11.7 Å². The molecule has 1 aliphatic heterocycles. The molecule has 2 aromatic rings. The van der Waals surface area contributed by atoms with E-state index in [1.54, 1.807) is 17.3 Å². The summed E-state index contributed by atoms with van der Waals surface area (Å²) in [5.74, 6) is -1.10. The predicted octanol–water partition coefficient (Wildman–Crippen LogP) is 2.31. The Kier molecular flexibility index (Phi) is 5.10. The van der Waals surface area contributed by atoms with Gasteiger partial charge in [0.15, 0.2) is 5.13 Å². The molecule has 1 N–H and O–H groups in total. The number of carbonyl (C=O) groups is 2. The van der Waals surface area contributed by atoms with Crippen LogP contribution in [0.1, 0.15) is 27.3 Å². The highest BCUT2D eigenvalue weighted by Gasteiger charge is 2.28. The average molecular weight is 362 g/mol. The minimum absolute atomic E-state index is 0.164. The van der Waals surface area contributed by atoms with Crippen LogP contribution in [0.25, 0.3) is 0 Å². The van der Waals surface area contributed by atoms with E-state index in [1.807, 2.05) is 7.05 Å². The lowest BCUT2D eigenvalue weighted by molar-refractivity contribution is 0.0732. The number of amides is 2. The predicted molar refractivity (Wildman–Crippen MR) is 94.5 cm³/mol. The van der Waals surface area contributed by atoms with Gasteiger partial charge in [-0.1, -0.05) is 6.07 Å². The van der Waals surface area contributed by atoms with Crippen molar-refractivity contribution in [2.45, 2.75) is 12.5 Å². The molecule has 0 radical (unpaired) electrons. The minimum atomic E-state index is -0.481. The van der Waals surface area contributed by atoms with Gasteiger partial charge in [-0.3, -0.25) is 14.9 Å². The van der Waals surface area contributed by atoms with Crippen LogP contribution in [0.3, 0.4) is 0 Å². The molecule has 25 heavy (non-hydrogen) atoms. The molecule has 1 aromatic heterocycles. The first-order valence-corrected chi connectivity index (χ1v) is 8.80. The van der Waals surface area contributed by atoms with Crippen LogP contribution in [0.2, 0.25) is 0 Å². The van der Waals surface area contributed by atoms with Gasteiger partial charge in [0.2, 0.25) is 0 Å². The molecular formula is C17H19FN4O2S. The fraction of sp³-hybridized carbons (Fsp3) is 0.353. The molecule has 132 valence electrons. The summed E-state index contributed by atoms with van der Waals surface area (Å²) in [4.78, 5) is 32.7. The zero-order valence-corrected chi connectivity index (χ0v) is 14.8. The molecule has 0 aliphatic carbocycles. The Labute approximate surface area is 149 Å². The highest BCUT2D eigenvalue weighted by Crippen LogP contribution is 2.20. The van der Waals surface area contributed by atoms with Crippen LogP contribution < -0.4 is 5.32 Å². The maximum Gasteiger partial charge on any atom is 0.273 e. The second-order valence-electron chi connectivity index (χ2n) is 6.12. The number of nitrogens with one attached hydrogen (secondary N) is 1. The van der Waals surface area contributed by atoms with Crippen molar-refractivity contribution in [1.29, 1.82) is 0 Å². The number of likely N-dealkylation sites (tertiary alicyclic amines) is 1. The number of hydrogen-bond donors (Lipinski definition) is 1. The summed E-state index contributed by atoms with van der Waals surface area (Å²) < 4.78 is 13.2. The van der Waals surface area contributed by atoms with E-state index in [4.69, 9.17) is 0 Å². The van der Waals surface area contributed by atoms with Crippen molar-refractivity contribution in [1.82, 2.24) is 14.8 Å². The molecule has 1 atom stereocenters. The Bertz CT molecular complexity index is 794. The second kappa shape index (κ2) is 7.28. The molecule has 1 aromatic carbocycles. The van der Waals surface area contributed by atoms with E-state index in [9.17, 15) is 14.0 Å². The van der Waals surface area contributed by atoms with Crippen molar-refractivity contribution in [3.05, 3.63) is 46.7 Å². The lowest BCUT2D eigenvalue weighted by Gasteiger charge is -2.23. The molecule has 3 rings (SSSR count). The first-order chi connectivity index (χ1) is 11.9. The number of rotatable bonds is 4. The first kappa shape index (κ1) is 17.5. The Morgan fingerprint density at radius 2 is 2.24 bits per heavy atom. The molecule has 1 fully saturated rings. The maximum atomic E-state index is 13.2. The fourth-order valence-electron chi connectivity index (χ4n) is 2.80. The van der Waals surface area contributed by atoms with E-state index in [0.717, 1.165) is 25.6 Å². The molecule has 1 aliphatic rings. The largest absolute Gasteiger partial charge is 0.336 e. The fourth-order valence-corrected chi connectivity index (χ4v) is 3.48. The maximum absolute atomic E-state index is 13.2. The first-order valence-electron chi connectivity index (χ1n) is 7.92. The van der Waals surface area contributed by atoms with Crippen LogP contribution in [0.15, 0.2) is 29.6 Å². The standard InChI is InChI=1S/C17H19FN4O2S/c1-21-7-6-13(9-21)22(2)16(24)14-10-25-17(19-14)20-15(23)11-4-3-5-12(18)8-11/h3-5,8,10,13H,6-7,9H2,1-2H3,(H,19,20,23)/t13-/m0/s1. The third kappa shape index (κ3) is 4.02. The summed E-state index contributed by atoms with van der Waals surface area (Å²) in [6, 6.07) is 5.58. The molecular weight excluding hydrogens is 343 g/mol. The molecule has 8 heteroatoms. The third-order valence-electron chi connectivity index (χ3n) is 4.27. The van der Waals surface area contributed by atoms with Crippen LogP contribution in [-0.4, -0.2) is 59.8 Å². The summed E-state index contributed by atoms with van der Waals surface area (Å²) in [6.45, 7) is 1.81. The molecule has 0 spiro atoms. The minimum Gasteiger partial charge on any atom is -0.336 e. The van der Waals surface area contributed by atoms with Crippen LogP contribution in [0.5, 0.6) is 0 Å². The molecule has 0 bridgehead atoms. The number of likely N-dealkylation sites (N-methyl/N-ethyl adjacent to an activating group) is 2. The van der Waals surface area contributed by atoms with Gasteiger partial charge in [0.05, 0.1) is 0 Å². The number of carbonyl (C=O) groups excluding carboxylic acids is 2. The van der Waals surface area contributed by atoms with Crippen molar-refractivity contribution < 1.29 is 14.0 Å². The zero-order valence-electron chi connectivity index (χ0n) is 14.0. The Morgan fingerprint density at radius 1 is 1.44 bits per heavy atom. The van der Waals surface area contributed by atoms with Gasteiger partial charge in [-0.05, 0) is 38.2 Å². The Morgan fingerprint density at radius 3 is 2.92 bits per heavy atom. The molecule has 0 saturated carbocycles. The summed E-state index contributed by atoms with van der Waals surface area (Å²) in [5.41, 5.74) is 0.505. The topological polar surface area (TPSA) is 65.5 Å².